The van der Waals surface area contributed by atoms with E-state index in [0.717, 1.165) is 21.2 Å². The molecule has 0 radical (unpaired) electrons. The number of benzene rings is 1. The van der Waals surface area contributed by atoms with Crippen LogP contribution in [0.15, 0.2) is 36.4 Å². The van der Waals surface area contributed by atoms with E-state index in [0.29, 0.717) is 6.42 Å². The van der Waals surface area contributed by atoms with E-state index in [4.69, 9.17) is 11.6 Å². The van der Waals surface area contributed by atoms with E-state index in [9.17, 15) is 9.50 Å². The Kier molecular flexibility index (Phi) is 4.75. The summed E-state index contributed by atoms with van der Waals surface area (Å²) in [6.45, 7) is 0.0893. The van der Waals surface area contributed by atoms with E-state index < -0.39 is 0 Å². The Balaban J connectivity index is 2.01. The van der Waals surface area contributed by atoms with Gasteiger partial charge in [-0.05, 0) is 48.6 Å². The maximum absolute atomic E-state index is 13.1. The lowest BCUT2D eigenvalue weighted by atomic mass is 9.96. The lowest BCUT2D eigenvalue weighted by Gasteiger charge is -2.13. The molecule has 0 bridgehead atoms. The minimum absolute atomic E-state index is 0.0893. The van der Waals surface area contributed by atoms with Crippen LogP contribution in [0.3, 0.4) is 0 Å². The van der Waals surface area contributed by atoms with Gasteiger partial charge in [-0.3, -0.25) is 0 Å². The van der Waals surface area contributed by atoms with Crippen LogP contribution in [0.2, 0.25) is 4.34 Å². The molecule has 0 aliphatic heterocycles. The highest BCUT2D eigenvalue weighted by Crippen LogP contribution is 2.25. The van der Waals surface area contributed by atoms with Crippen LogP contribution in [-0.2, 0) is 12.8 Å². The van der Waals surface area contributed by atoms with Gasteiger partial charge in [0.25, 0.3) is 0 Å². The van der Waals surface area contributed by atoms with Crippen molar-refractivity contribution in [1.29, 1.82) is 0 Å². The summed E-state index contributed by atoms with van der Waals surface area (Å²) >= 11 is 7.40. The summed E-state index contributed by atoms with van der Waals surface area (Å²) in [6.07, 6.45) is 1.44. The van der Waals surface area contributed by atoms with Crippen molar-refractivity contribution in [1.82, 2.24) is 0 Å². The smallest absolute Gasteiger partial charge is 0.123 e. The molecule has 1 nitrogen and oxygen atoms in total. The molecule has 0 aliphatic rings. The quantitative estimate of drug-likeness (QED) is 0.882. The monoisotopic (exact) mass is 284 g/mol. The van der Waals surface area contributed by atoms with Crippen molar-refractivity contribution in [3.8, 4) is 0 Å². The average Bonchev–Trinajstić information content (AvgIpc) is 2.74. The minimum Gasteiger partial charge on any atom is -0.396 e. The number of halogens is 2. The Morgan fingerprint density at radius 1 is 1.22 bits per heavy atom. The molecular weight excluding hydrogens is 271 g/mol. The molecule has 1 N–H and O–H groups in total. The molecule has 1 unspecified atom stereocenters. The molecule has 0 saturated heterocycles. The van der Waals surface area contributed by atoms with E-state index in [2.05, 4.69) is 0 Å². The van der Waals surface area contributed by atoms with Crippen LogP contribution < -0.4 is 0 Å². The van der Waals surface area contributed by atoms with E-state index in [-0.39, 0.29) is 18.3 Å². The van der Waals surface area contributed by atoms with Gasteiger partial charge in [-0.25, -0.2) is 4.39 Å². The first-order valence-electron chi connectivity index (χ1n) is 5.77. The van der Waals surface area contributed by atoms with Crippen LogP contribution in [0.4, 0.5) is 4.39 Å². The van der Waals surface area contributed by atoms with Crippen LogP contribution in [0.1, 0.15) is 10.4 Å². The molecule has 0 amide bonds. The van der Waals surface area contributed by atoms with Crippen molar-refractivity contribution < 1.29 is 9.50 Å². The highest BCUT2D eigenvalue weighted by molar-refractivity contribution is 7.16. The van der Waals surface area contributed by atoms with E-state index >= 15 is 0 Å². The molecule has 1 atom stereocenters. The maximum atomic E-state index is 13.1. The van der Waals surface area contributed by atoms with Crippen molar-refractivity contribution in [3.63, 3.8) is 0 Å². The van der Waals surface area contributed by atoms with Gasteiger partial charge >= 0.3 is 0 Å². The van der Waals surface area contributed by atoms with Gasteiger partial charge in [-0.1, -0.05) is 23.7 Å². The topological polar surface area (TPSA) is 20.2 Å². The molecule has 0 fully saturated rings. The van der Waals surface area contributed by atoms with Gasteiger partial charge in [-0.15, -0.1) is 11.3 Å². The first-order chi connectivity index (χ1) is 8.67. The van der Waals surface area contributed by atoms with Crippen LogP contribution in [0.25, 0.3) is 0 Å². The summed E-state index contributed by atoms with van der Waals surface area (Å²) < 4.78 is 13.8. The van der Waals surface area contributed by atoms with Gasteiger partial charge in [0, 0.05) is 11.5 Å². The number of aliphatic hydroxyl groups excluding tert-OH is 1. The lowest BCUT2D eigenvalue weighted by molar-refractivity contribution is 0.225. The first-order valence-corrected chi connectivity index (χ1v) is 6.96. The summed E-state index contributed by atoms with van der Waals surface area (Å²) in [4.78, 5) is 1.15. The summed E-state index contributed by atoms with van der Waals surface area (Å²) in [5.41, 5.74) is 0.914. The van der Waals surface area contributed by atoms with Crippen LogP contribution in [0.5, 0.6) is 0 Å². The SMILES string of the molecule is OCC(Cc1cccc(F)c1)Cc1ccc(Cl)s1. The predicted molar refractivity (Wildman–Crippen MR) is 73.7 cm³/mol. The van der Waals surface area contributed by atoms with Gasteiger partial charge in [0.1, 0.15) is 5.82 Å². The molecule has 96 valence electrons. The second-order valence-electron chi connectivity index (χ2n) is 4.29. The van der Waals surface area contributed by atoms with E-state index in [1.165, 1.54) is 23.5 Å². The lowest BCUT2D eigenvalue weighted by Crippen LogP contribution is -2.12. The molecule has 2 aromatic rings. The van der Waals surface area contributed by atoms with Gasteiger partial charge in [0.05, 0.1) is 4.34 Å². The third kappa shape index (κ3) is 3.80. The van der Waals surface area contributed by atoms with Gasteiger partial charge in [0.15, 0.2) is 0 Å². The fourth-order valence-electron chi connectivity index (χ4n) is 1.94. The highest BCUT2D eigenvalue weighted by Gasteiger charge is 2.11. The largest absolute Gasteiger partial charge is 0.396 e. The Morgan fingerprint density at radius 2 is 2.06 bits per heavy atom. The third-order valence-corrected chi connectivity index (χ3v) is 4.04. The number of thiophene rings is 1. The summed E-state index contributed by atoms with van der Waals surface area (Å²) in [6, 6.07) is 10.4. The molecule has 1 heterocycles. The molecule has 18 heavy (non-hydrogen) atoms. The highest BCUT2D eigenvalue weighted by atomic mass is 35.5. The van der Waals surface area contributed by atoms with Crippen molar-refractivity contribution in [2.24, 2.45) is 5.92 Å². The molecular formula is C14H14ClFOS. The van der Waals surface area contributed by atoms with Gasteiger partial charge in [0.2, 0.25) is 0 Å². The van der Waals surface area contributed by atoms with Crippen molar-refractivity contribution in [2.75, 3.05) is 6.61 Å². The zero-order valence-corrected chi connectivity index (χ0v) is 11.3. The van der Waals surface area contributed by atoms with E-state index in [1.54, 1.807) is 6.07 Å². The van der Waals surface area contributed by atoms with E-state index in [1.807, 2.05) is 18.2 Å². The standard InChI is InChI=1S/C14H14ClFOS/c15-14-5-4-13(18-14)8-11(9-17)6-10-2-1-3-12(16)7-10/h1-5,7,11,17H,6,8-9H2. The molecule has 1 aromatic heterocycles. The number of rotatable bonds is 5. The Hall–Kier alpha value is -0.900. The molecule has 0 aliphatic carbocycles. The summed E-state index contributed by atoms with van der Waals surface area (Å²) in [5.74, 6) is -0.134. The van der Waals surface area contributed by atoms with Crippen molar-refractivity contribution in [3.05, 3.63) is 57.0 Å². The fourth-order valence-corrected chi connectivity index (χ4v) is 3.15. The Labute approximate surface area is 115 Å². The second kappa shape index (κ2) is 6.32. The Morgan fingerprint density at radius 3 is 2.67 bits per heavy atom. The number of hydrogen-bond donors (Lipinski definition) is 1. The average molecular weight is 285 g/mol. The predicted octanol–water partition coefficient (Wildman–Crippen LogP) is 3.93. The normalized spacial score (nSPS) is 12.6. The molecule has 1 aromatic carbocycles. The first kappa shape index (κ1) is 13.5. The van der Waals surface area contributed by atoms with Gasteiger partial charge < -0.3 is 5.11 Å². The molecule has 0 saturated carbocycles. The van der Waals surface area contributed by atoms with Crippen molar-refractivity contribution in [2.45, 2.75) is 12.8 Å². The summed E-state index contributed by atoms with van der Waals surface area (Å²) in [7, 11) is 0. The van der Waals surface area contributed by atoms with Crippen LogP contribution in [0, 0.1) is 11.7 Å². The number of aliphatic hydroxyl groups is 1. The van der Waals surface area contributed by atoms with Gasteiger partial charge in [-0.2, -0.15) is 0 Å². The van der Waals surface area contributed by atoms with Crippen LogP contribution in [-0.4, -0.2) is 11.7 Å². The fraction of sp³-hybridized carbons (Fsp3) is 0.286. The zero-order chi connectivity index (χ0) is 13.0. The molecule has 2 rings (SSSR count). The molecule has 0 spiro atoms. The maximum Gasteiger partial charge on any atom is 0.123 e. The minimum atomic E-state index is -0.233. The van der Waals surface area contributed by atoms with Crippen LogP contribution >= 0.6 is 22.9 Å². The third-order valence-electron chi connectivity index (χ3n) is 2.79. The van der Waals surface area contributed by atoms with Crippen molar-refractivity contribution >= 4 is 22.9 Å². The number of hydrogen-bond acceptors (Lipinski definition) is 2. The zero-order valence-electron chi connectivity index (χ0n) is 9.77. The second-order valence-corrected chi connectivity index (χ2v) is 6.09. The molecule has 4 heteroatoms. The Bertz CT molecular complexity index is 512. The summed E-state index contributed by atoms with van der Waals surface area (Å²) in [5, 5.41) is 9.40.